The van der Waals surface area contributed by atoms with Crippen molar-refractivity contribution in [3.8, 4) is 6.07 Å². The molecule has 1 aromatic carbocycles. The number of anilines is 1. The van der Waals surface area contributed by atoms with Crippen LogP contribution in [-0.4, -0.2) is 10.2 Å². The standard InChI is InChI=1S/C14H10N4O/c15-8-13-14(16-9-10-4-3-7-19-10)11-5-1-2-6-12(11)17-18-13/h1-7H,9H2,(H,16,17). The van der Waals surface area contributed by atoms with E-state index in [4.69, 9.17) is 9.68 Å². The van der Waals surface area contributed by atoms with E-state index in [2.05, 4.69) is 21.6 Å². The molecule has 0 aliphatic carbocycles. The molecular formula is C14H10N4O. The van der Waals surface area contributed by atoms with E-state index in [-0.39, 0.29) is 5.69 Å². The van der Waals surface area contributed by atoms with Crippen LogP contribution in [-0.2, 0) is 6.54 Å². The average Bonchev–Trinajstić information content (AvgIpc) is 2.97. The first kappa shape index (κ1) is 11.2. The molecule has 0 radical (unpaired) electrons. The van der Waals surface area contributed by atoms with Gasteiger partial charge < -0.3 is 9.73 Å². The van der Waals surface area contributed by atoms with Crippen molar-refractivity contribution in [2.45, 2.75) is 6.54 Å². The van der Waals surface area contributed by atoms with Crippen molar-refractivity contribution in [2.75, 3.05) is 5.32 Å². The first-order valence-electron chi connectivity index (χ1n) is 5.80. The Balaban J connectivity index is 2.02. The smallest absolute Gasteiger partial charge is 0.186 e. The largest absolute Gasteiger partial charge is 0.467 e. The molecule has 5 heteroatoms. The summed E-state index contributed by atoms with van der Waals surface area (Å²) in [6.45, 7) is 0.497. The average molecular weight is 250 g/mol. The van der Waals surface area contributed by atoms with E-state index in [9.17, 15) is 0 Å². The number of fused-ring (bicyclic) bond motifs is 1. The topological polar surface area (TPSA) is 74.7 Å². The molecule has 0 amide bonds. The Morgan fingerprint density at radius 2 is 2.05 bits per heavy atom. The van der Waals surface area contributed by atoms with Gasteiger partial charge in [-0.2, -0.15) is 5.26 Å². The maximum atomic E-state index is 9.12. The Morgan fingerprint density at radius 3 is 2.84 bits per heavy atom. The predicted molar refractivity (Wildman–Crippen MR) is 70.3 cm³/mol. The van der Waals surface area contributed by atoms with Gasteiger partial charge in [0.1, 0.15) is 11.8 Å². The molecule has 0 fully saturated rings. The third kappa shape index (κ3) is 2.11. The van der Waals surface area contributed by atoms with Crippen LogP contribution in [0.1, 0.15) is 11.5 Å². The second kappa shape index (κ2) is 4.78. The first-order chi connectivity index (χ1) is 9.38. The molecule has 0 bridgehead atoms. The van der Waals surface area contributed by atoms with Crippen molar-refractivity contribution in [1.82, 2.24) is 10.2 Å². The van der Waals surface area contributed by atoms with Crippen LogP contribution < -0.4 is 5.32 Å². The van der Waals surface area contributed by atoms with E-state index in [0.29, 0.717) is 12.2 Å². The molecule has 0 aliphatic rings. The normalized spacial score (nSPS) is 10.3. The molecule has 0 saturated carbocycles. The highest BCUT2D eigenvalue weighted by Crippen LogP contribution is 2.24. The zero-order chi connectivity index (χ0) is 13.1. The molecular weight excluding hydrogens is 240 g/mol. The highest BCUT2D eigenvalue weighted by Gasteiger charge is 2.10. The van der Waals surface area contributed by atoms with Gasteiger partial charge in [0.05, 0.1) is 24.0 Å². The van der Waals surface area contributed by atoms with Gasteiger partial charge in [0.15, 0.2) is 5.69 Å². The summed E-state index contributed by atoms with van der Waals surface area (Å²) in [6, 6.07) is 13.3. The van der Waals surface area contributed by atoms with Gasteiger partial charge in [-0.05, 0) is 18.2 Å². The number of aromatic nitrogens is 2. The molecule has 19 heavy (non-hydrogen) atoms. The lowest BCUT2D eigenvalue weighted by molar-refractivity contribution is 0.518. The molecule has 2 heterocycles. The Kier molecular flexibility index (Phi) is 2.83. The molecule has 3 rings (SSSR count). The van der Waals surface area contributed by atoms with E-state index < -0.39 is 0 Å². The summed E-state index contributed by atoms with van der Waals surface area (Å²) in [5.41, 5.74) is 1.72. The van der Waals surface area contributed by atoms with Crippen molar-refractivity contribution in [1.29, 1.82) is 5.26 Å². The zero-order valence-electron chi connectivity index (χ0n) is 10.00. The van der Waals surface area contributed by atoms with Gasteiger partial charge in [-0.1, -0.05) is 18.2 Å². The van der Waals surface area contributed by atoms with Crippen LogP contribution in [0, 0.1) is 11.3 Å². The van der Waals surface area contributed by atoms with Crippen molar-refractivity contribution in [2.24, 2.45) is 0 Å². The minimum absolute atomic E-state index is 0.283. The van der Waals surface area contributed by atoms with Gasteiger partial charge in [-0.3, -0.25) is 0 Å². The maximum Gasteiger partial charge on any atom is 0.186 e. The summed E-state index contributed by atoms with van der Waals surface area (Å²) in [7, 11) is 0. The zero-order valence-corrected chi connectivity index (χ0v) is 10.00. The van der Waals surface area contributed by atoms with E-state index in [1.807, 2.05) is 36.4 Å². The van der Waals surface area contributed by atoms with Crippen LogP contribution >= 0.6 is 0 Å². The Labute approximate surface area is 109 Å². The van der Waals surface area contributed by atoms with E-state index in [1.54, 1.807) is 6.26 Å². The Bertz CT molecular complexity index is 744. The number of nitriles is 1. The summed E-state index contributed by atoms with van der Waals surface area (Å²) in [6.07, 6.45) is 1.62. The quantitative estimate of drug-likeness (QED) is 0.773. The minimum atomic E-state index is 0.283. The molecule has 0 saturated heterocycles. The molecule has 0 aliphatic heterocycles. The van der Waals surface area contributed by atoms with Crippen LogP contribution in [0.2, 0.25) is 0 Å². The number of benzene rings is 1. The second-order valence-corrected chi connectivity index (χ2v) is 3.99. The third-order valence-electron chi connectivity index (χ3n) is 2.79. The van der Waals surface area contributed by atoms with Crippen LogP contribution in [0.15, 0.2) is 47.1 Å². The van der Waals surface area contributed by atoms with Gasteiger partial charge in [0, 0.05) is 5.39 Å². The number of hydrogen-bond acceptors (Lipinski definition) is 5. The lowest BCUT2D eigenvalue weighted by Gasteiger charge is -2.08. The molecule has 0 atom stereocenters. The van der Waals surface area contributed by atoms with E-state index in [1.165, 1.54) is 0 Å². The van der Waals surface area contributed by atoms with Crippen molar-refractivity contribution in [3.63, 3.8) is 0 Å². The lowest BCUT2D eigenvalue weighted by atomic mass is 10.1. The van der Waals surface area contributed by atoms with E-state index >= 15 is 0 Å². The monoisotopic (exact) mass is 250 g/mol. The second-order valence-electron chi connectivity index (χ2n) is 3.99. The van der Waals surface area contributed by atoms with Gasteiger partial charge in [-0.25, -0.2) is 0 Å². The summed E-state index contributed by atoms with van der Waals surface area (Å²) in [5.74, 6) is 0.796. The van der Waals surface area contributed by atoms with Gasteiger partial charge >= 0.3 is 0 Å². The lowest BCUT2D eigenvalue weighted by Crippen LogP contribution is -2.04. The fourth-order valence-electron chi connectivity index (χ4n) is 1.90. The van der Waals surface area contributed by atoms with Crippen molar-refractivity contribution in [3.05, 3.63) is 54.1 Å². The summed E-state index contributed by atoms with van der Waals surface area (Å²) in [5, 5.41) is 21.1. The maximum absolute atomic E-state index is 9.12. The highest BCUT2D eigenvalue weighted by atomic mass is 16.3. The Hall–Kier alpha value is -2.87. The molecule has 92 valence electrons. The minimum Gasteiger partial charge on any atom is -0.467 e. The van der Waals surface area contributed by atoms with Crippen LogP contribution in [0.25, 0.3) is 10.9 Å². The number of furan rings is 1. The third-order valence-corrected chi connectivity index (χ3v) is 2.79. The fourth-order valence-corrected chi connectivity index (χ4v) is 1.90. The molecule has 2 aromatic heterocycles. The van der Waals surface area contributed by atoms with Gasteiger partial charge in [0.25, 0.3) is 0 Å². The number of nitrogens with one attached hydrogen (secondary N) is 1. The first-order valence-corrected chi connectivity index (χ1v) is 5.80. The fraction of sp³-hybridized carbons (Fsp3) is 0.0714. The molecule has 0 unspecified atom stereocenters. The van der Waals surface area contributed by atoms with Gasteiger partial charge in [-0.15, -0.1) is 10.2 Å². The van der Waals surface area contributed by atoms with Crippen molar-refractivity contribution >= 4 is 16.6 Å². The molecule has 5 nitrogen and oxygen atoms in total. The van der Waals surface area contributed by atoms with Crippen LogP contribution in [0.3, 0.4) is 0 Å². The van der Waals surface area contributed by atoms with Crippen LogP contribution in [0.5, 0.6) is 0 Å². The van der Waals surface area contributed by atoms with Crippen molar-refractivity contribution < 1.29 is 4.42 Å². The summed E-state index contributed by atoms with van der Waals surface area (Å²) in [4.78, 5) is 0. The molecule has 0 spiro atoms. The van der Waals surface area contributed by atoms with Gasteiger partial charge in [0.2, 0.25) is 0 Å². The molecule has 1 N–H and O–H groups in total. The Morgan fingerprint density at radius 1 is 1.16 bits per heavy atom. The van der Waals surface area contributed by atoms with Crippen LogP contribution in [0.4, 0.5) is 5.69 Å². The number of rotatable bonds is 3. The number of nitrogens with zero attached hydrogens (tertiary/aromatic N) is 3. The van der Waals surface area contributed by atoms with E-state index in [0.717, 1.165) is 16.7 Å². The predicted octanol–water partition coefficient (Wildman–Crippen LogP) is 2.71. The summed E-state index contributed by atoms with van der Waals surface area (Å²) >= 11 is 0. The SMILES string of the molecule is N#Cc1nnc2ccccc2c1NCc1ccco1. The molecule has 3 aromatic rings. The summed E-state index contributed by atoms with van der Waals surface area (Å²) < 4.78 is 5.26. The number of hydrogen-bond donors (Lipinski definition) is 1. The highest BCUT2D eigenvalue weighted by molar-refractivity contribution is 5.92.